The quantitative estimate of drug-likeness (QED) is 0.853. The molecule has 2 heterocycles. The van der Waals surface area contributed by atoms with Gasteiger partial charge in [-0.05, 0) is 17.9 Å². The molecular weight excluding hydrogens is 280 g/mol. The van der Waals surface area contributed by atoms with E-state index >= 15 is 0 Å². The molecule has 1 atom stereocenters. The lowest BCUT2D eigenvalue weighted by molar-refractivity contribution is 0.0668. The summed E-state index contributed by atoms with van der Waals surface area (Å²) < 4.78 is 10.8. The van der Waals surface area contributed by atoms with E-state index in [0.717, 1.165) is 51.5 Å². The molecule has 0 bridgehead atoms. The first-order valence-corrected chi connectivity index (χ1v) is 8.07. The normalized spacial score (nSPS) is 22.7. The molecule has 0 aliphatic carbocycles. The van der Waals surface area contributed by atoms with Gasteiger partial charge in [-0.2, -0.15) is 0 Å². The number of rotatable bonds is 4. The van der Waals surface area contributed by atoms with Crippen molar-refractivity contribution in [3.63, 3.8) is 0 Å². The van der Waals surface area contributed by atoms with Crippen LogP contribution in [0.4, 0.5) is 4.79 Å². The van der Waals surface area contributed by atoms with Crippen LogP contribution >= 0.6 is 0 Å². The highest BCUT2D eigenvalue weighted by atomic mass is 16.6. The van der Waals surface area contributed by atoms with Crippen LogP contribution < -0.4 is 0 Å². The Morgan fingerprint density at radius 1 is 1.18 bits per heavy atom. The number of carbonyl (C=O) groups excluding carboxylic acids is 1. The van der Waals surface area contributed by atoms with Crippen LogP contribution in [0.2, 0.25) is 0 Å². The standard InChI is InChI=1S/C17H24N2O3/c20-17(22-14-15-4-2-1-3-5-15)19-9-7-18(8-10-19)12-16-6-11-21-13-16/h1-5,16H,6-14H2/t16-/m0/s1. The molecule has 0 unspecified atom stereocenters. The zero-order valence-electron chi connectivity index (χ0n) is 12.9. The lowest BCUT2D eigenvalue weighted by Gasteiger charge is -2.35. The van der Waals surface area contributed by atoms with E-state index in [1.807, 2.05) is 35.2 Å². The average molecular weight is 304 g/mol. The van der Waals surface area contributed by atoms with E-state index in [4.69, 9.17) is 9.47 Å². The molecule has 1 aromatic carbocycles. The summed E-state index contributed by atoms with van der Waals surface area (Å²) in [6.45, 7) is 6.58. The maximum atomic E-state index is 12.1. The van der Waals surface area contributed by atoms with Gasteiger partial charge in [0.05, 0.1) is 6.61 Å². The Bertz CT molecular complexity index is 466. The fourth-order valence-corrected chi connectivity index (χ4v) is 3.02. The Kier molecular flexibility index (Phi) is 5.29. The zero-order chi connectivity index (χ0) is 15.2. The number of benzene rings is 1. The van der Waals surface area contributed by atoms with E-state index in [1.54, 1.807) is 0 Å². The summed E-state index contributed by atoms with van der Waals surface area (Å²) in [7, 11) is 0. The summed E-state index contributed by atoms with van der Waals surface area (Å²) in [5.41, 5.74) is 1.02. The molecule has 5 nitrogen and oxygen atoms in total. The number of hydrogen-bond donors (Lipinski definition) is 0. The third-order valence-corrected chi connectivity index (χ3v) is 4.38. The number of carbonyl (C=O) groups is 1. The van der Waals surface area contributed by atoms with Crippen molar-refractivity contribution in [2.45, 2.75) is 13.0 Å². The third-order valence-electron chi connectivity index (χ3n) is 4.38. The monoisotopic (exact) mass is 304 g/mol. The van der Waals surface area contributed by atoms with Gasteiger partial charge < -0.3 is 14.4 Å². The van der Waals surface area contributed by atoms with Crippen molar-refractivity contribution in [3.05, 3.63) is 35.9 Å². The van der Waals surface area contributed by atoms with Gasteiger partial charge in [-0.3, -0.25) is 4.90 Å². The predicted octanol–water partition coefficient (Wildman–Crippen LogP) is 1.98. The summed E-state index contributed by atoms with van der Waals surface area (Å²) in [6.07, 6.45) is 0.965. The maximum Gasteiger partial charge on any atom is 0.410 e. The Morgan fingerprint density at radius 2 is 1.95 bits per heavy atom. The van der Waals surface area contributed by atoms with E-state index in [1.165, 1.54) is 6.42 Å². The van der Waals surface area contributed by atoms with Crippen molar-refractivity contribution < 1.29 is 14.3 Å². The summed E-state index contributed by atoms with van der Waals surface area (Å²) in [6, 6.07) is 9.80. The second-order valence-corrected chi connectivity index (χ2v) is 6.06. The first-order chi connectivity index (χ1) is 10.8. The van der Waals surface area contributed by atoms with Crippen LogP contribution in [0, 0.1) is 5.92 Å². The van der Waals surface area contributed by atoms with Gasteiger partial charge in [-0.15, -0.1) is 0 Å². The highest BCUT2D eigenvalue weighted by molar-refractivity contribution is 5.67. The van der Waals surface area contributed by atoms with E-state index in [9.17, 15) is 4.79 Å². The van der Waals surface area contributed by atoms with Gasteiger partial charge in [-0.25, -0.2) is 4.79 Å². The molecule has 0 N–H and O–H groups in total. The van der Waals surface area contributed by atoms with Gasteiger partial charge in [0.1, 0.15) is 6.61 Å². The van der Waals surface area contributed by atoms with Gasteiger partial charge in [0.2, 0.25) is 0 Å². The van der Waals surface area contributed by atoms with Gasteiger partial charge in [0.25, 0.3) is 0 Å². The molecule has 0 spiro atoms. The molecule has 3 rings (SSSR count). The lowest BCUT2D eigenvalue weighted by Crippen LogP contribution is -2.49. The molecule has 2 saturated heterocycles. The number of hydrogen-bond acceptors (Lipinski definition) is 4. The molecule has 1 amide bonds. The Balaban J connectivity index is 1.38. The Labute approximate surface area is 131 Å². The van der Waals surface area contributed by atoms with Crippen LogP contribution in [0.5, 0.6) is 0 Å². The second-order valence-electron chi connectivity index (χ2n) is 6.06. The van der Waals surface area contributed by atoms with E-state index in [0.29, 0.717) is 12.5 Å². The van der Waals surface area contributed by atoms with Crippen LogP contribution in [-0.2, 0) is 16.1 Å². The minimum atomic E-state index is -0.201. The number of amides is 1. The molecule has 120 valence electrons. The molecule has 0 radical (unpaired) electrons. The summed E-state index contributed by atoms with van der Waals surface area (Å²) in [5.74, 6) is 0.664. The first-order valence-electron chi connectivity index (χ1n) is 8.07. The fraction of sp³-hybridized carbons (Fsp3) is 0.588. The zero-order valence-corrected chi connectivity index (χ0v) is 12.9. The Hall–Kier alpha value is -1.59. The smallest absolute Gasteiger partial charge is 0.410 e. The van der Waals surface area contributed by atoms with Crippen LogP contribution in [0.15, 0.2) is 30.3 Å². The van der Waals surface area contributed by atoms with Crippen molar-refractivity contribution in [1.29, 1.82) is 0 Å². The number of ether oxygens (including phenoxy) is 2. The molecule has 2 fully saturated rings. The van der Waals surface area contributed by atoms with Crippen LogP contribution in [-0.4, -0.2) is 61.8 Å². The summed E-state index contributed by atoms with van der Waals surface area (Å²) in [4.78, 5) is 16.3. The van der Waals surface area contributed by atoms with E-state index in [2.05, 4.69) is 4.90 Å². The van der Waals surface area contributed by atoms with Crippen LogP contribution in [0.3, 0.4) is 0 Å². The predicted molar refractivity (Wildman–Crippen MR) is 83.6 cm³/mol. The van der Waals surface area contributed by atoms with Crippen molar-refractivity contribution in [2.75, 3.05) is 45.9 Å². The summed E-state index contributed by atoms with van der Waals surface area (Å²) in [5, 5.41) is 0. The van der Waals surface area contributed by atoms with Gasteiger partial charge in [-0.1, -0.05) is 30.3 Å². The van der Waals surface area contributed by atoms with Gasteiger partial charge in [0, 0.05) is 39.3 Å². The van der Waals surface area contributed by atoms with Crippen molar-refractivity contribution in [1.82, 2.24) is 9.80 Å². The molecule has 1 aromatic rings. The molecule has 2 aliphatic heterocycles. The number of nitrogens with zero attached hydrogens (tertiary/aromatic N) is 2. The molecular formula is C17H24N2O3. The molecule has 22 heavy (non-hydrogen) atoms. The van der Waals surface area contributed by atoms with Crippen molar-refractivity contribution in [3.8, 4) is 0 Å². The van der Waals surface area contributed by atoms with Gasteiger partial charge >= 0.3 is 6.09 Å². The highest BCUT2D eigenvalue weighted by Crippen LogP contribution is 2.15. The molecule has 5 heteroatoms. The van der Waals surface area contributed by atoms with Crippen molar-refractivity contribution in [2.24, 2.45) is 5.92 Å². The van der Waals surface area contributed by atoms with Crippen LogP contribution in [0.25, 0.3) is 0 Å². The minimum Gasteiger partial charge on any atom is -0.445 e. The lowest BCUT2D eigenvalue weighted by atomic mass is 10.1. The SMILES string of the molecule is O=C(OCc1ccccc1)N1CCN(C[C@@H]2CCOC2)CC1. The molecule has 0 saturated carbocycles. The average Bonchev–Trinajstić information content (AvgIpc) is 3.07. The summed E-state index contributed by atoms with van der Waals surface area (Å²) >= 11 is 0. The largest absolute Gasteiger partial charge is 0.445 e. The molecule has 0 aromatic heterocycles. The Morgan fingerprint density at radius 3 is 2.64 bits per heavy atom. The minimum absolute atomic E-state index is 0.201. The second kappa shape index (κ2) is 7.61. The van der Waals surface area contributed by atoms with Crippen LogP contribution in [0.1, 0.15) is 12.0 Å². The first kappa shape index (κ1) is 15.3. The topological polar surface area (TPSA) is 42.0 Å². The van der Waals surface area contributed by atoms with E-state index in [-0.39, 0.29) is 6.09 Å². The maximum absolute atomic E-state index is 12.1. The van der Waals surface area contributed by atoms with Crippen molar-refractivity contribution >= 4 is 6.09 Å². The van der Waals surface area contributed by atoms with E-state index < -0.39 is 0 Å². The van der Waals surface area contributed by atoms with Gasteiger partial charge in [0.15, 0.2) is 0 Å². The molecule has 2 aliphatic rings. The number of piperazine rings is 1. The fourth-order valence-electron chi connectivity index (χ4n) is 3.02. The highest BCUT2D eigenvalue weighted by Gasteiger charge is 2.25. The third kappa shape index (κ3) is 4.21.